The molecule has 0 aliphatic carbocycles. The van der Waals surface area contributed by atoms with Crippen LogP contribution in [0.15, 0.2) is 18.2 Å². The van der Waals surface area contributed by atoms with Gasteiger partial charge in [-0.05, 0) is 26.8 Å². The van der Waals surface area contributed by atoms with Crippen molar-refractivity contribution in [3.8, 4) is 5.75 Å². The number of hydrogen-bond donors (Lipinski definition) is 3. The van der Waals surface area contributed by atoms with E-state index in [1.165, 1.54) is 6.07 Å². The first-order valence-electron chi connectivity index (χ1n) is 5.80. The number of ether oxygens (including phenoxy) is 1. The van der Waals surface area contributed by atoms with Gasteiger partial charge in [0.05, 0.1) is 6.10 Å². The normalized spacial score (nSPS) is 12.9. The molecule has 0 radical (unpaired) electrons. The van der Waals surface area contributed by atoms with Gasteiger partial charge in [0, 0.05) is 22.6 Å². The van der Waals surface area contributed by atoms with Crippen LogP contribution in [0.25, 0.3) is 0 Å². The third-order valence-corrected chi connectivity index (χ3v) is 2.79. The van der Waals surface area contributed by atoms with Crippen LogP contribution >= 0.6 is 15.9 Å². The lowest BCUT2D eigenvalue weighted by Gasteiger charge is -2.20. The quantitative estimate of drug-likeness (QED) is 0.743. The molecule has 1 atom stereocenters. The summed E-state index contributed by atoms with van der Waals surface area (Å²) in [5, 5.41) is 22.2. The minimum Gasteiger partial charge on any atom is -0.507 e. The molecule has 0 aliphatic heterocycles. The van der Waals surface area contributed by atoms with Crippen molar-refractivity contribution >= 4 is 27.7 Å². The lowest BCUT2D eigenvalue weighted by atomic mass is 10.1. The number of aromatic hydroxyl groups is 1. The van der Waals surface area contributed by atoms with E-state index in [1.54, 1.807) is 32.9 Å². The summed E-state index contributed by atoms with van der Waals surface area (Å²) in [6.45, 7) is 5.29. The van der Waals surface area contributed by atoms with E-state index in [0.717, 1.165) is 0 Å². The molecule has 1 amide bonds. The van der Waals surface area contributed by atoms with Gasteiger partial charge in [0.1, 0.15) is 11.4 Å². The van der Waals surface area contributed by atoms with Gasteiger partial charge >= 0.3 is 6.09 Å². The van der Waals surface area contributed by atoms with Crippen LogP contribution in [0.3, 0.4) is 0 Å². The van der Waals surface area contributed by atoms with Gasteiger partial charge in [-0.25, -0.2) is 4.79 Å². The molecule has 0 bridgehead atoms. The maximum atomic E-state index is 11.5. The summed E-state index contributed by atoms with van der Waals surface area (Å²) in [5.74, 6) is -0.0829. The third-order valence-electron chi connectivity index (χ3n) is 2.18. The molecule has 0 fully saturated rings. The van der Waals surface area contributed by atoms with Crippen LogP contribution in [0, 0.1) is 0 Å². The smallest absolute Gasteiger partial charge is 0.412 e. The molecule has 3 N–H and O–H groups in total. The van der Waals surface area contributed by atoms with E-state index >= 15 is 0 Å². The summed E-state index contributed by atoms with van der Waals surface area (Å²) in [4.78, 5) is 11.5. The number of halogens is 1. The molecule has 1 rings (SSSR count). The van der Waals surface area contributed by atoms with Crippen LogP contribution in [0.4, 0.5) is 10.5 Å². The number of aliphatic hydroxyl groups excluding tert-OH is 1. The van der Waals surface area contributed by atoms with Gasteiger partial charge in [0.15, 0.2) is 0 Å². The highest BCUT2D eigenvalue weighted by atomic mass is 79.9. The molecule has 0 aromatic heterocycles. The van der Waals surface area contributed by atoms with Gasteiger partial charge < -0.3 is 14.9 Å². The predicted octanol–water partition coefficient (Wildman–Crippen LogP) is 3.17. The summed E-state index contributed by atoms with van der Waals surface area (Å²) >= 11 is 3.13. The maximum Gasteiger partial charge on any atom is 0.412 e. The Hall–Kier alpha value is -1.27. The molecule has 1 unspecified atom stereocenters. The Morgan fingerprint density at radius 2 is 2.11 bits per heavy atom. The van der Waals surface area contributed by atoms with Gasteiger partial charge in [0.2, 0.25) is 0 Å². The van der Waals surface area contributed by atoms with E-state index < -0.39 is 17.8 Å². The predicted molar refractivity (Wildman–Crippen MR) is 76.7 cm³/mol. The Labute approximate surface area is 120 Å². The molecule has 1 aromatic carbocycles. The zero-order chi connectivity index (χ0) is 14.6. The molecular weight excluding hydrogens is 314 g/mol. The molecule has 0 saturated carbocycles. The number of hydrogen-bond acceptors (Lipinski definition) is 4. The molecule has 19 heavy (non-hydrogen) atoms. The second-order valence-corrected chi connectivity index (χ2v) is 5.72. The fourth-order valence-electron chi connectivity index (χ4n) is 1.41. The zero-order valence-corrected chi connectivity index (χ0v) is 12.7. The summed E-state index contributed by atoms with van der Waals surface area (Å²) in [6, 6.07) is 4.50. The van der Waals surface area contributed by atoms with Crippen molar-refractivity contribution < 1.29 is 19.7 Å². The van der Waals surface area contributed by atoms with E-state index in [1.807, 2.05) is 0 Å². The molecule has 1 aromatic rings. The minimum atomic E-state index is -0.796. The third kappa shape index (κ3) is 5.08. The number of benzene rings is 1. The van der Waals surface area contributed by atoms with E-state index in [4.69, 9.17) is 4.74 Å². The first-order valence-corrected chi connectivity index (χ1v) is 6.92. The monoisotopic (exact) mass is 331 g/mol. The highest BCUT2D eigenvalue weighted by molar-refractivity contribution is 9.09. The van der Waals surface area contributed by atoms with E-state index in [0.29, 0.717) is 16.6 Å². The summed E-state index contributed by atoms with van der Waals surface area (Å²) in [6.07, 6.45) is -1.39. The van der Waals surface area contributed by atoms with Crippen LogP contribution < -0.4 is 5.32 Å². The van der Waals surface area contributed by atoms with Crippen LogP contribution in [0.1, 0.15) is 32.4 Å². The van der Waals surface area contributed by atoms with Crippen LogP contribution in [-0.4, -0.2) is 27.2 Å². The molecule has 0 aliphatic rings. The number of rotatable bonds is 3. The van der Waals surface area contributed by atoms with Crippen molar-refractivity contribution in [2.75, 3.05) is 10.6 Å². The van der Waals surface area contributed by atoms with Crippen molar-refractivity contribution in [3.05, 3.63) is 23.8 Å². The summed E-state index contributed by atoms with van der Waals surface area (Å²) in [7, 11) is 0. The standard InChI is InChI=1S/C13H18BrNO4/c1-13(2,3)19-12(18)15-8-4-5-9(10(16)6-8)11(17)7-14/h4-6,11,16-17H,7H2,1-3H3,(H,15,18). The number of carbonyl (C=O) groups is 1. The van der Waals surface area contributed by atoms with Crippen LogP contribution in [0.5, 0.6) is 5.75 Å². The SMILES string of the molecule is CC(C)(C)OC(=O)Nc1ccc(C(O)CBr)c(O)c1. The van der Waals surface area contributed by atoms with Crippen LogP contribution in [0.2, 0.25) is 0 Å². The second-order valence-electron chi connectivity index (χ2n) is 5.07. The number of anilines is 1. The van der Waals surface area contributed by atoms with Crippen LogP contribution in [-0.2, 0) is 4.74 Å². The van der Waals surface area contributed by atoms with E-state index in [9.17, 15) is 15.0 Å². The van der Waals surface area contributed by atoms with Gasteiger partial charge in [-0.3, -0.25) is 5.32 Å². The molecule has 0 saturated heterocycles. The number of nitrogens with one attached hydrogen (secondary N) is 1. The number of phenolic OH excluding ortho intramolecular Hbond substituents is 1. The lowest BCUT2D eigenvalue weighted by Crippen LogP contribution is -2.27. The number of carbonyl (C=O) groups excluding carboxylic acids is 1. The van der Waals surface area contributed by atoms with Crippen molar-refractivity contribution in [2.24, 2.45) is 0 Å². The van der Waals surface area contributed by atoms with Gasteiger partial charge in [-0.2, -0.15) is 0 Å². The Balaban J connectivity index is 2.76. The molecule has 6 heteroatoms. The molecule has 0 heterocycles. The molecule has 106 valence electrons. The van der Waals surface area contributed by atoms with Crippen molar-refractivity contribution in [1.29, 1.82) is 0 Å². The molecule has 0 spiro atoms. The lowest BCUT2D eigenvalue weighted by molar-refractivity contribution is 0.0636. The highest BCUT2D eigenvalue weighted by Crippen LogP contribution is 2.28. The number of phenols is 1. The largest absolute Gasteiger partial charge is 0.507 e. The van der Waals surface area contributed by atoms with Crippen molar-refractivity contribution in [2.45, 2.75) is 32.5 Å². The minimum absolute atomic E-state index is 0.0829. The van der Waals surface area contributed by atoms with Gasteiger partial charge in [-0.1, -0.05) is 22.0 Å². The Bertz CT molecular complexity index is 456. The summed E-state index contributed by atoms with van der Waals surface area (Å²) < 4.78 is 5.09. The number of amides is 1. The maximum absolute atomic E-state index is 11.5. The first kappa shape index (κ1) is 15.8. The zero-order valence-electron chi connectivity index (χ0n) is 11.1. The molecule has 5 nitrogen and oxygen atoms in total. The first-order chi connectivity index (χ1) is 8.73. The Morgan fingerprint density at radius 1 is 1.47 bits per heavy atom. The Kier molecular flexibility index (Phi) is 5.20. The molecular formula is C13H18BrNO4. The Morgan fingerprint density at radius 3 is 2.58 bits per heavy atom. The van der Waals surface area contributed by atoms with E-state index in [-0.39, 0.29) is 5.75 Å². The fraction of sp³-hybridized carbons (Fsp3) is 0.462. The highest BCUT2D eigenvalue weighted by Gasteiger charge is 2.17. The van der Waals surface area contributed by atoms with Gasteiger partial charge in [-0.15, -0.1) is 0 Å². The second kappa shape index (κ2) is 6.25. The topological polar surface area (TPSA) is 78.8 Å². The van der Waals surface area contributed by atoms with Crippen molar-refractivity contribution in [1.82, 2.24) is 0 Å². The van der Waals surface area contributed by atoms with E-state index in [2.05, 4.69) is 21.2 Å². The number of aliphatic hydroxyl groups is 1. The number of alkyl halides is 1. The van der Waals surface area contributed by atoms with Gasteiger partial charge in [0.25, 0.3) is 0 Å². The average molecular weight is 332 g/mol. The van der Waals surface area contributed by atoms with Crippen molar-refractivity contribution in [3.63, 3.8) is 0 Å². The average Bonchev–Trinajstić information content (AvgIpc) is 2.25. The fourth-order valence-corrected chi connectivity index (χ4v) is 1.76. The summed E-state index contributed by atoms with van der Waals surface area (Å²) in [5.41, 5.74) is 0.210.